The molecule has 1 aliphatic rings. The molecule has 1 saturated heterocycles. The first-order chi connectivity index (χ1) is 11.7. The van der Waals surface area contributed by atoms with Gasteiger partial charge in [-0.3, -0.25) is 4.79 Å². The Hall–Kier alpha value is -2.63. The number of carbonyl (C=O) groups is 1. The van der Waals surface area contributed by atoms with Gasteiger partial charge in [0.1, 0.15) is 5.75 Å². The zero-order valence-electron chi connectivity index (χ0n) is 14.0. The van der Waals surface area contributed by atoms with Crippen LogP contribution in [0.25, 0.3) is 0 Å². The summed E-state index contributed by atoms with van der Waals surface area (Å²) in [5.74, 6) is 1.77. The molecular formula is C18H22N4O2. The molecule has 0 saturated carbocycles. The summed E-state index contributed by atoms with van der Waals surface area (Å²) in [4.78, 5) is 14.6. The summed E-state index contributed by atoms with van der Waals surface area (Å²) in [6, 6.07) is 11.3. The number of nitrogens with zero attached hydrogens (tertiary/aromatic N) is 3. The van der Waals surface area contributed by atoms with E-state index in [2.05, 4.69) is 20.4 Å². The Balaban J connectivity index is 1.53. The van der Waals surface area contributed by atoms with Gasteiger partial charge in [0.05, 0.1) is 12.8 Å². The fourth-order valence-corrected chi connectivity index (χ4v) is 2.85. The lowest BCUT2D eigenvalue weighted by molar-refractivity contribution is -0.120. The molecular weight excluding hydrogens is 304 g/mol. The number of amides is 1. The molecule has 1 fully saturated rings. The summed E-state index contributed by atoms with van der Waals surface area (Å²) in [5.41, 5.74) is 1.71. The average molecular weight is 326 g/mol. The Labute approximate surface area is 141 Å². The lowest BCUT2D eigenvalue weighted by atomic mass is 9.96. The summed E-state index contributed by atoms with van der Waals surface area (Å²) < 4.78 is 5.12. The summed E-state index contributed by atoms with van der Waals surface area (Å²) in [5, 5.41) is 11.3. The molecule has 24 heavy (non-hydrogen) atoms. The van der Waals surface area contributed by atoms with Crippen LogP contribution in [0.1, 0.15) is 18.5 Å². The maximum Gasteiger partial charge on any atom is 0.227 e. The molecule has 0 atom stereocenters. The van der Waals surface area contributed by atoms with E-state index in [0.29, 0.717) is 0 Å². The van der Waals surface area contributed by atoms with Crippen LogP contribution in [0.4, 0.5) is 11.5 Å². The first-order valence-corrected chi connectivity index (χ1v) is 8.16. The summed E-state index contributed by atoms with van der Waals surface area (Å²) in [6.45, 7) is 3.56. The molecule has 0 radical (unpaired) electrons. The van der Waals surface area contributed by atoms with Crippen LogP contribution >= 0.6 is 0 Å². The normalized spacial score (nSPS) is 15.2. The van der Waals surface area contributed by atoms with Crippen LogP contribution in [0.15, 0.2) is 36.4 Å². The van der Waals surface area contributed by atoms with E-state index >= 15 is 0 Å². The fourth-order valence-electron chi connectivity index (χ4n) is 2.85. The number of anilines is 2. The summed E-state index contributed by atoms with van der Waals surface area (Å²) >= 11 is 0. The van der Waals surface area contributed by atoms with Crippen molar-refractivity contribution in [3.63, 3.8) is 0 Å². The van der Waals surface area contributed by atoms with E-state index in [9.17, 15) is 4.79 Å². The SMILES string of the molecule is COc1ccc(NC(=O)C2CCN(c3ccc(C)nn3)CC2)cc1. The van der Waals surface area contributed by atoms with E-state index < -0.39 is 0 Å². The van der Waals surface area contributed by atoms with Crippen LogP contribution in [0.5, 0.6) is 5.75 Å². The minimum absolute atomic E-state index is 0.0294. The second-order valence-corrected chi connectivity index (χ2v) is 6.01. The molecule has 126 valence electrons. The smallest absolute Gasteiger partial charge is 0.227 e. The fraction of sp³-hybridized carbons (Fsp3) is 0.389. The Morgan fingerprint density at radius 2 is 1.83 bits per heavy atom. The van der Waals surface area contributed by atoms with Crippen molar-refractivity contribution in [2.24, 2.45) is 5.92 Å². The first kappa shape index (κ1) is 16.2. The largest absolute Gasteiger partial charge is 0.497 e. The van der Waals surface area contributed by atoms with Crippen LogP contribution in [0, 0.1) is 12.8 Å². The standard InChI is InChI=1S/C18H22N4O2/c1-13-3-8-17(21-20-13)22-11-9-14(10-12-22)18(23)19-15-4-6-16(24-2)7-5-15/h3-8,14H,9-12H2,1-2H3,(H,19,23). The molecule has 0 aliphatic carbocycles. The monoisotopic (exact) mass is 326 g/mol. The summed E-state index contributed by atoms with van der Waals surface area (Å²) in [7, 11) is 1.62. The highest BCUT2D eigenvalue weighted by atomic mass is 16.5. The molecule has 6 heteroatoms. The van der Waals surface area contributed by atoms with Crippen molar-refractivity contribution in [2.75, 3.05) is 30.4 Å². The number of rotatable bonds is 4. The molecule has 1 aromatic carbocycles. The van der Waals surface area contributed by atoms with Crippen LogP contribution in [-0.4, -0.2) is 36.3 Å². The van der Waals surface area contributed by atoms with Crippen molar-refractivity contribution in [3.05, 3.63) is 42.1 Å². The molecule has 0 unspecified atom stereocenters. The van der Waals surface area contributed by atoms with Gasteiger partial charge in [0.25, 0.3) is 0 Å². The van der Waals surface area contributed by atoms with Crippen molar-refractivity contribution >= 4 is 17.4 Å². The second-order valence-electron chi connectivity index (χ2n) is 6.01. The number of hydrogen-bond donors (Lipinski definition) is 1. The van der Waals surface area contributed by atoms with Crippen LogP contribution in [-0.2, 0) is 4.79 Å². The van der Waals surface area contributed by atoms with Gasteiger partial charge in [-0.05, 0) is 56.2 Å². The summed E-state index contributed by atoms with van der Waals surface area (Å²) in [6.07, 6.45) is 1.63. The van der Waals surface area contributed by atoms with Crippen molar-refractivity contribution < 1.29 is 9.53 Å². The maximum atomic E-state index is 12.4. The number of carbonyl (C=O) groups excluding carboxylic acids is 1. The highest BCUT2D eigenvalue weighted by Gasteiger charge is 2.25. The van der Waals surface area contributed by atoms with Crippen molar-refractivity contribution in [1.82, 2.24) is 10.2 Å². The number of piperidine rings is 1. The van der Waals surface area contributed by atoms with Crippen molar-refractivity contribution in [3.8, 4) is 5.75 Å². The van der Waals surface area contributed by atoms with E-state index in [1.807, 2.05) is 43.3 Å². The Kier molecular flexibility index (Phi) is 4.93. The molecule has 1 aliphatic heterocycles. The molecule has 2 heterocycles. The van der Waals surface area contributed by atoms with E-state index in [1.165, 1.54) is 0 Å². The molecule has 0 bridgehead atoms. The van der Waals surface area contributed by atoms with E-state index in [-0.39, 0.29) is 11.8 Å². The molecule has 1 N–H and O–H groups in total. The van der Waals surface area contributed by atoms with Gasteiger partial charge >= 0.3 is 0 Å². The number of benzene rings is 1. The van der Waals surface area contributed by atoms with Gasteiger partial charge in [-0.15, -0.1) is 5.10 Å². The topological polar surface area (TPSA) is 67.3 Å². The van der Waals surface area contributed by atoms with Gasteiger partial charge in [-0.1, -0.05) is 0 Å². The lowest BCUT2D eigenvalue weighted by Crippen LogP contribution is -2.38. The van der Waals surface area contributed by atoms with Gasteiger partial charge in [-0.25, -0.2) is 0 Å². The molecule has 6 nitrogen and oxygen atoms in total. The van der Waals surface area contributed by atoms with Gasteiger partial charge in [-0.2, -0.15) is 5.10 Å². The van der Waals surface area contributed by atoms with Crippen LogP contribution in [0.3, 0.4) is 0 Å². The number of ether oxygens (including phenoxy) is 1. The maximum absolute atomic E-state index is 12.4. The third-order valence-corrected chi connectivity index (χ3v) is 4.33. The number of nitrogens with one attached hydrogen (secondary N) is 1. The zero-order valence-corrected chi connectivity index (χ0v) is 14.0. The molecule has 1 amide bonds. The van der Waals surface area contributed by atoms with Gasteiger partial charge < -0.3 is 15.0 Å². The number of aryl methyl sites for hydroxylation is 1. The third kappa shape index (κ3) is 3.82. The molecule has 2 aromatic rings. The minimum atomic E-state index is 0.0294. The van der Waals surface area contributed by atoms with Crippen LogP contribution < -0.4 is 15.0 Å². The quantitative estimate of drug-likeness (QED) is 0.935. The average Bonchev–Trinajstić information content (AvgIpc) is 2.63. The highest BCUT2D eigenvalue weighted by Crippen LogP contribution is 2.23. The van der Waals surface area contributed by atoms with Crippen LogP contribution in [0.2, 0.25) is 0 Å². The van der Waals surface area contributed by atoms with E-state index in [0.717, 1.165) is 48.9 Å². The van der Waals surface area contributed by atoms with E-state index in [4.69, 9.17) is 4.74 Å². The van der Waals surface area contributed by atoms with Gasteiger partial charge in [0.2, 0.25) is 5.91 Å². The third-order valence-electron chi connectivity index (χ3n) is 4.33. The Morgan fingerprint density at radius 3 is 2.42 bits per heavy atom. The Bertz CT molecular complexity index is 677. The van der Waals surface area contributed by atoms with Crippen molar-refractivity contribution in [1.29, 1.82) is 0 Å². The highest BCUT2D eigenvalue weighted by molar-refractivity contribution is 5.92. The minimum Gasteiger partial charge on any atom is -0.497 e. The number of aromatic nitrogens is 2. The predicted molar refractivity (Wildman–Crippen MR) is 93.3 cm³/mol. The number of hydrogen-bond acceptors (Lipinski definition) is 5. The predicted octanol–water partition coefficient (Wildman–Crippen LogP) is 2.65. The molecule has 3 rings (SSSR count). The second kappa shape index (κ2) is 7.29. The lowest BCUT2D eigenvalue weighted by Gasteiger charge is -2.31. The molecule has 1 aromatic heterocycles. The van der Waals surface area contributed by atoms with Gasteiger partial charge in [0.15, 0.2) is 5.82 Å². The number of methoxy groups -OCH3 is 1. The Morgan fingerprint density at radius 1 is 1.12 bits per heavy atom. The van der Waals surface area contributed by atoms with Gasteiger partial charge in [0, 0.05) is 24.7 Å². The zero-order chi connectivity index (χ0) is 16.9. The van der Waals surface area contributed by atoms with E-state index in [1.54, 1.807) is 7.11 Å². The van der Waals surface area contributed by atoms with Crippen molar-refractivity contribution in [2.45, 2.75) is 19.8 Å². The molecule has 0 spiro atoms. The first-order valence-electron chi connectivity index (χ1n) is 8.16.